The Morgan fingerprint density at radius 3 is 2.47 bits per heavy atom. The number of nitrogens with zero attached hydrogens (tertiary/aromatic N) is 3. The van der Waals surface area contributed by atoms with Crippen molar-refractivity contribution in [2.75, 3.05) is 6.61 Å². The number of benzene rings is 2. The van der Waals surface area contributed by atoms with Crippen molar-refractivity contribution in [2.45, 2.75) is 46.4 Å². The first-order valence-corrected chi connectivity index (χ1v) is 11.2. The zero-order valence-corrected chi connectivity index (χ0v) is 20.1. The molecule has 0 saturated heterocycles. The van der Waals surface area contributed by atoms with Gasteiger partial charge < -0.3 is 9.47 Å². The van der Waals surface area contributed by atoms with Crippen LogP contribution in [-0.2, 0) is 22.6 Å². The molecule has 0 aliphatic rings. The predicted molar refractivity (Wildman–Crippen MR) is 130 cm³/mol. The van der Waals surface area contributed by atoms with Crippen LogP contribution in [0.1, 0.15) is 33.4 Å². The Hall–Kier alpha value is -3.59. The fourth-order valence-corrected chi connectivity index (χ4v) is 3.94. The summed E-state index contributed by atoms with van der Waals surface area (Å²) in [6, 6.07) is 10.2. The van der Waals surface area contributed by atoms with E-state index in [4.69, 9.17) is 21.1 Å². The summed E-state index contributed by atoms with van der Waals surface area (Å²) in [7, 11) is 0. The number of aromatic amines is 1. The van der Waals surface area contributed by atoms with Crippen molar-refractivity contribution in [2.24, 2.45) is 0 Å². The maximum atomic E-state index is 13.0. The quantitative estimate of drug-likeness (QED) is 0.420. The van der Waals surface area contributed by atoms with Crippen LogP contribution in [0.5, 0.6) is 5.75 Å². The number of carbonyl (C=O) groups is 1. The highest BCUT2D eigenvalue weighted by atomic mass is 35.5. The summed E-state index contributed by atoms with van der Waals surface area (Å²) in [5, 5.41) is 9.19. The number of rotatable bonds is 6. The molecular weight excluding hydrogens is 460 g/mol. The number of H-pyrrole nitrogens is 1. The van der Waals surface area contributed by atoms with E-state index in [0.717, 1.165) is 4.68 Å². The summed E-state index contributed by atoms with van der Waals surface area (Å²) < 4.78 is 13.3. The number of ether oxygens (including phenoxy) is 2. The van der Waals surface area contributed by atoms with Crippen LogP contribution in [-0.4, -0.2) is 37.7 Å². The van der Waals surface area contributed by atoms with Crippen LogP contribution in [0.2, 0.25) is 5.02 Å². The van der Waals surface area contributed by atoms with E-state index < -0.39 is 17.1 Å². The Morgan fingerprint density at radius 1 is 1.09 bits per heavy atom. The SMILES string of the molecule is CCOc1cc2[nH]n(Cc3nn(CC(=O)OC(C)(C)C)c(=O)c4ccccc34)c(=O)c2cc1Cl. The third-order valence-electron chi connectivity index (χ3n) is 5.05. The Labute approximate surface area is 199 Å². The summed E-state index contributed by atoms with van der Waals surface area (Å²) >= 11 is 6.25. The topological polar surface area (TPSA) is 108 Å². The van der Waals surface area contributed by atoms with E-state index in [-0.39, 0.29) is 18.6 Å². The molecule has 0 radical (unpaired) electrons. The van der Waals surface area contributed by atoms with Crippen LogP contribution in [0.15, 0.2) is 46.0 Å². The van der Waals surface area contributed by atoms with Crippen molar-refractivity contribution in [3.63, 3.8) is 0 Å². The normalized spacial score (nSPS) is 11.8. The van der Waals surface area contributed by atoms with Crippen LogP contribution in [0.4, 0.5) is 0 Å². The van der Waals surface area contributed by atoms with Crippen molar-refractivity contribution in [1.29, 1.82) is 0 Å². The second-order valence-electron chi connectivity index (χ2n) is 8.81. The van der Waals surface area contributed by atoms with E-state index in [0.29, 0.717) is 44.7 Å². The van der Waals surface area contributed by atoms with Gasteiger partial charge in [-0.3, -0.25) is 19.5 Å². The number of aromatic nitrogens is 4. The summed E-state index contributed by atoms with van der Waals surface area (Å²) in [6.07, 6.45) is 0. The molecule has 0 saturated carbocycles. The van der Waals surface area contributed by atoms with Gasteiger partial charge in [0, 0.05) is 11.5 Å². The summed E-state index contributed by atoms with van der Waals surface area (Å²) in [5.74, 6) is -0.108. The first-order chi connectivity index (χ1) is 16.1. The lowest BCUT2D eigenvalue weighted by Crippen LogP contribution is -2.33. The smallest absolute Gasteiger partial charge is 0.328 e. The summed E-state index contributed by atoms with van der Waals surface area (Å²) in [4.78, 5) is 38.4. The van der Waals surface area contributed by atoms with E-state index in [2.05, 4.69) is 10.2 Å². The molecule has 2 aromatic heterocycles. The fraction of sp³-hybridized carbons (Fsp3) is 0.333. The molecule has 2 aromatic carbocycles. The minimum absolute atomic E-state index is 0.0458. The van der Waals surface area contributed by atoms with Crippen LogP contribution in [0.3, 0.4) is 0 Å². The second kappa shape index (κ2) is 8.98. The third-order valence-corrected chi connectivity index (χ3v) is 5.35. The largest absolute Gasteiger partial charge is 0.492 e. The second-order valence-corrected chi connectivity index (χ2v) is 9.21. The van der Waals surface area contributed by atoms with E-state index in [1.54, 1.807) is 57.2 Å². The number of halogens is 1. The van der Waals surface area contributed by atoms with Crippen molar-refractivity contribution < 1.29 is 14.3 Å². The minimum Gasteiger partial charge on any atom is -0.492 e. The highest BCUT2D eigenvalue weighted by Gasteiger charge is 2.20. The molecule has 0 aliphatic heterocycles. The molecule has 0 aliphatic carbocycles. The van der Waals surface area contributed by atoms with Gasteiger partial charge in [-0.05, 0) is 39.8 Å². The van der Waals surface area contributed by atoms with Gasteiger partial charge in [-0.25, -0.2) is 9.36 Å². The van der Waals surface area contributed by atoms with Crippen molar-refractivity contribution in [1.82, 2.24) is 19.6 Å². The van der Waals surface area contributed by atoms with Gasteiger partial charge in [-0.2, -0.15) is 5.10 Å². The maximum Gasteiger partial charge on any atom is 0.328 e. The molecule has 0 unspecified atom stereocenters. The van der Waals surface area contributed by atoms with E-state index in [1.165, 1.54) is 4.68 Å². The van der Waals surface area contributed by atoms with Gasteiger partial charge in [-0.1, -0.05) is 29.8 Å². The fourth-order valence-electron chi connectivity index (χ4n) is 3.72. The number of fused-ring (bicyclic) bond motifs is 2. The average molecular weight is 485 g/mol. The zero-order chi connectivity index (χ0) is 24.6. The number of hydrogen-bond acceptors (Lipinski definition) is 6. The molecular formula is C24H25ClN4O5. The van der Waals surface area contributed by atoms with Crippen molar-refractivity contribution in [3.05, 3.63) is 67.8 Å². The molecule has 0 amide bonds. The lowest BCUT2D eigenvalue weighted by molar-refractivity contribution is -0.155. The van der Waals surface area contributed by atoms with Crippen molar-refractivity contribution in [3.8, 4) is 5.75 Å². The van der Waals surface area contributed by atoms with Gasteiger partial charge in [0.2, 0.25) is 0 Å². The van der Waals surface area contributed by atoms with Crippen LogP contribution < -0.4 is 15.9 Å². The Morgan fingerprint density at radius 2 is 1.79 bits per heavy atom. The van der Waals surface area contributed by atoms with Gasteiger partial charge in [0.05, 0.1) is 40.2 Å². The molecule has 0 bridgehead atoms. The Balaban J connectivity index is 1.79. The maximum absolute atomic E-state index is 13.0. The molecule has 9 nitrogen and oxygen atoms in total. The molecule has 0 fully saturated rings. The monoisotopic (exact) mass is 484 g/mol. The molecule has 0 atom stereocenters. The van der Waals surface area contributed by atoms with E-state index in [1.807, 2.05) is 6.92 Å². The van der Waals surface area contributed by atoms with Gasteiger partial charge in [0.25, 0.3) is 11.1 Å². The minimum atomic E-state index is -0.695. The zero-order valence-electron chi connectivity index (χ0n) is 19.3. The number of esters is 1. The van der Waals surface area contributed by atoms with Crippen LogP contribution >= 0.6 is 11.6 Å². The predicted octanol–water partition coefficient (Wildman–Crippen LogP) is 3.48. The first kappa shape index (κ1) is 23.6. The standard InChI is InChI=1S/C24H25ClN4O5/c1-5-33-20-11-18-16(10-17(20)25)23(32)28(26-18)12-19-14-8-6-7-9-15(14)22(31)29(27-19)13-21(30)34-24(2,3)4/h6-11,26H,5,12-13H2,1-4H3. The summed E-state index contributed by atoms with van der Waals surface area (Å²) in [5.41, 5.74) is -0.398. The Bertz CT molecular complexity index is 1510. The highest BCUT2D eigenvalue weighted by molar-refractivity contribution is 6.32. The highest BCUT2D eigenvalue weighted by Crippen LogP contribution is 2.28. The third kappa shape index (κ3) is 4.70. The van der Waals surface area contributed by atoms with E-state index in [9.17, 15) is 14.4 Å². The van der Waals surface area contributed by atoms with Crippen LogP contribution in [0.25, 0.3) is 21.7 Å². The number of nitrogens with one attached hydrogen (secondary N) is 1. The van der Waals surface area contributed by atoms with Gasteiger partial charge in [0.1, 0.15) is 17.9 Å². The molecule has 10 heteroatoms. The van der Waals surface area contributed by atoms with E-state index >= 15 is 0 Å². The molecule has 1 N–H and O–H groups in total. The molecule has 2 heterocycles. The van der Waals surface area contributed by atoms with Crippen molar-refractivity contribution >= 4 is 39.2 Å². The van der Waals surface area contributed by atoms with Gasteiger partial charge in [-0.15, -0.1) is 0 Å². The first-order valence-electron chi connectivity index (χ1n) is 10.8. The summed E-state index contributed by atoms with van der Waals surface area (Å²) in [6.45, 7) is 7.23. The lowest BCUT2D eigenvalue weighted by atomic mass is 10.1. The van der Waals surface area contributed by atoms with Gasteiger partial charge in [0.15, 0.2) is 0 Å². The molecule has 178 valence electrons. The van der Waals surface area contributed by atoms with Crippen LogP contribution in [0, 0.1) is 0 Å². The average Bonchev–Trinajstić information content (AvgIpc) is 3.05. The molecule has 4 rings (SSSR count). The molecule has 0 spiro atoms. The molecule has 4 aromatic rings. The lowest BCUT2D eigenvalue weighted by Gasteiger charge is -2.19. The number of carbonyl (C=O) groups excluding carboxylic acids is 1. The molecule has 34 heavy (non-hydrogen) atoms. The Kier molecular flexibility index (Phi) is 6.22. The number of hydrogen-bond donors (Lipinski definition) is 1. The van der Waals surface area contributed by atoms with Gasteiger partial charge >= 0.3 is 5.97 Å².